The van der Waals surface area contributed by atoms with Gasteiger partial charge in [-0.15, -0.1) is 24.8 Å². The molecule has 0 spiro atoms. The molecule has 0 radical (unpaired) electrons. The van der Waals surface area contributed by atoms with Crippen molar-refractivity contribution in [2.45, 2.75) is 6.04 Å². The maximum atomic E-state index is 8.72. The maximum absolute atomic E-state index is 8.72. The molecule has 70 valence electrons. The molecule has 11 heavy (non-hydrogen) atoms. The summed E-state index contributed by atoms with van der Waals surface area (Å²) in [6.45, 7) is 3.32. The third-order valence-corrected chi connectivity index (χ3v) is 1.68. The van der Waals surface area contributed by atoms with Crippen molar-refractivity contribution < 1.29 is 5.11 Å². The Labute approximate surface area is 80.0 Å². The van der Waals surface area contributed by atoms with Gasteiger partial charge in [0.15, 0.2) is 0 Å². The average Bonchev–Trinajstić information content (AvgIpc) is 1.88. The summed E-state index contributed by atoms with van der Waals surface area (Å²) in [5.74, 6) is 0. The lowest BCUT2D eigenvalue weighted by Gasteiger charge is -2.29. The van der Waals surface area contributed by atoms with Crippen LogP contribution in [-0.4, -0.2) is 49.3 Å². The van der Waals surface area contributed by atoms with Crippen molar-refractivity contribution in [2.24, 2.45) is 0 Å². The van der Waals surface area contributed by atoms with Crippen LogP contribution in [0.25, 0.3) is 0 Å². The van der Waals surface area contributed by atoms with Crippen LogP contribution >= 0.6 is 24.8 Å². The molecule has 2 N–H and O–H groups in total. The predicted molar refractivity (Wildman–Crippen MR) is 50.9 cm³/mol. The van der Waals surface area contributed by atoms with Crippen molar-refractivity contribution in [3.63, 3.8) is 0 Å². The second-order valence-corrected chi connectivity index (χ2v) is 2.60. The molecule has 5 heteroatoms. The predicted octanol–water partition coefficient (Wildman–Crippen LogP) is -0.274. The van der Waals surface area contributed by atoms with Crippen LogP contribution in [0.2, 0.25) is 0 Å². The van der Waals surface area contributed by atoms with Crippen LogP contribution in [0.5, 0.6) is 0 Å². The third kappa shape index (κ3) is 4.82. The molecule has 1 fully saturated rings. The summed E-state index contributed by atoms with van der Waals surface area (Å²) in [6.07, 6.45) is 0. The number of rotatable bonds is 1. The Morgan fingerprint density at radius 1 is 1.55 bits per heavy atom. The lowest BCUT2D eigenvalue weighted by atomic mass is 10.2. The van der Waals surface area contributed by atoms with E-state index in [1.807, 2.05) is 0 Å². The monoisotopic (exact) mass is 202 g/mol. The zero-order valence-electron chi connectivity index (χ0n) is 6.62. The fourth-order valence-electron chi connectivity index (χ4n) is 1.11. The first-order valence-electron chi connectivity index (χ1n) is 3.35. The van der Waals surface area contributed by atoms with E-state index in [0.29, 0.717) is 6.04 Å². The quantitative estimate of drug-likeness (QED) is 0.615. The van der Waals surface area contributed by atoms with E-state index in [4.69, 9.17) is 5.11 Å². The number of hydrogen-bond donors (Lipinski definition) is 2. The van der Waals surface area contributed by atoms with E-state index in [9.17, 15) is 0 Å². The van der Waals surface area contributed by atoms with Crippen LogP contribution in [0.4, 0.5) is 0 Å². The van der Waals surface area contributed by atoms with E-state index in [2.05, 4.69) is 17.3 Å². The molecule has 0 amide bonds. The fraction of sp³-hybridized carbons (Fsp3) is 1.00. The average molecular weight is 203 g/mol. The highest BCUT2D eigenvalue weighted by Gasteiger charge is 2.13. The fourth-order valence-corrected chi connectivity index (χ4v) is 1.11. The molecule has 0 saturated carbocycles. The van der Waals surface area contributed by atoms with E-state index < -0.39 is 0 Å². The molecule has 0 unspecified atom stereocenters. The largest absolute Gasteiger partial charge is 0.395 e. The molecular weight excluding hydrogens is 187 g/mol. The highest BCUT2D eigenvalue weighted by molar-refractivity contribution is 5.85. The minimum absolute atomic E-state index is 0. The van der Waals surface area contributed by atoms with E-state index in [-0.39, 0.29) is 31.4 Å². The van der Waals surface area contributed by atoms with Crippen molar-refractivity contribution in [1.82, 2.24) is 10.2 Å². The molecule has 1 aliphatic rings. The molecule has 0 aromatic heterocycles. The van der Waals surface area contributed by atoms with Crippen molar-refractivity contribution in [3.05, 3.63) is 0 Å². The molecule has 0 bridgehead atoms. The highest BCUT2D eigenvalue weighted by atomic mass is 35.5. The van der Waals surface area contributed by atoms with Crippen LogP contribution in [0.1, 0.15) is 0 Å². The summed E-state index contributed by atoms with van der Waals surface area (Å²) >= 11 is 0. The van der Waals surface area contributed by atoms with Gasteiger partial charge in [0.1, 0.15) is 0 Å². The lowest BCUT2D eigenvalue weighted by molar-refractivity contribution is 0.168. The topological polar surface area (TPSA) is 35.5 Å². The Morgan fingerprint density at radius 3 is 2.55 bits per heavy atom. The number of hydrogen-bond acceptors (Lipinski definition) is 3. The number of likely N-dealkylation sites (N-methyl/N-ethyl adjacent to an activating group) is 1. The van der Waals surface area contributed by atoms with Gasteiger partial charge in [-0.2, -0.15) is 0 Å². The molecule has 1 heterocycles. The first-order valence-corrected chi connectivity index (χ1v) is 3.35. The SMILES string of the molecule is CN1CCN[C@@H](CO)C1.Cl.Cl. The minimum Gasteiger partial charge on any atom is -0.395 e. The van der Waals surface area contributed by atoms with Gasteiger partial charge in [-0.05, 0) is 7.05 Å². The Balaban J connectivity index is 0. The van der Waals surface area contributed by atoms with Crippen LogP contribution in [0.15, 0.2) is 0 Å². The molecule has 1 atom stereocenters. The standard InChI is InChI=1S/C6H14N2O.2ClH/c1-8-3-2-7-6(4-8)5-9;;/h6-7,9H,2-5H2,1H3;2*1H/t6-;;/m1../s1. The van der Waals surface area contributed by atoms with E-state index in [1.54, 1.807) is 0 Å². The summed E-state index contributed by atoms with van der Waals surface area (Å²) in [5.41, 5.74) is 0. The second kappa shape index (κ2) is 7.13. The van der Waals surface area contributed by atoms with Crippen molar-refractivity contribution in [3.8, 4) is 0 Å². The van der Waals surface area contributed by atoms with Gasteiger partial charge in [-0.1, -0.05) is 0 Å². The maximum Gasteiger partial charge on any atom is 0.0597 e. The zero-order chi connectivity index (χ0) is 6.69. The van der Waals surface area contributed by atoms with Gasteiger partial charge in [-0.3, -0.25) is 0 Å². The number of nitrogens with zero attached hydrogens (tertiary/aromatic N) is 1. The van der Waals surface area contributed by atoms with Crippen molar-refractivity contribution in [2.75, 3.05) is 33.3 Å². The molecular formula is C6H16Cl2N2O. The molecule has 1 aliphatic heterocycles. The number of halogens is 2. The molecule has 0 aromatic carbocycles. The van der Waals surface area contributed by atoms with Crippen molar-refractivity contribution >= 4 is 24.8 Å². The van der Waals surface area contributed by atoms with Gasteiger partial charge in [0.25, 0.3) is 0 Å². The zero-order valence-corrected chi connectivity index (χ0v) is 8.25. The van der Waals surface area contributed by atoms with Gasteiger partial charge in [0.05, 0.1) is 6.61 Å². The molecule has 3 nitrogen and oxygen atoms in total. The Morgan fingerprint density at radius 2 is 2.18 bits per heavy atom. The van der Waals surface area contributed by atoms with Crippen LogP contribution < -0.4 is 5.32 Å². The number of nitrogens with one attached hydrogen (secondary N) is 1. The van der Waals surface area contributed by atoms with E-state index in [1.165, 1.54) is 0 Å². The first kappa shape index (κ1) is 14.0. The summed E-state index contributed by atoms with van der Waals surface area (Å²) < 4.78 is 0. The number of aliphatic hydroxyl groups is 1. The summed E-state index contributed by atoms with van der Waals surface area (Å²) in [5, 5.41) is 11.9. The second-order valence-electron chi connectivity index (χ2n) is 2.60. The van der Waals surface area contributed by atoms with E-state index in [0.717, 1.165) is 19.6 Å². The Bertz CT molecular complexity index is 94.7. The van der Waals surface area contributed by atoms with Crippen LogP contribution in [0, 0.1) is 0 Å². The number of aliphatic hydroxyl groups excluding tert-OH is 1. The van der Waals surface area contributed by atoms with Gasteiger partial charge in [0, 0.05) is 25.7 Å². The van der Waals surface area contributed by atoms with Gasteiger partial charge in [0.2, 0.25) is 0 Å². The minimum atomic E-state index is 0. The van der Waals surface area contributed by atoms with E-state index >= 15 is 0 Å². The molecule has 1 saturated heterocycles. The van der Waals surface area contributed by atoms with Gasteiger partial charge >= 0.3 is 0 Å². The molecule has 0 aromatic rings. The van der Waals surface area contributed by atoms with Gasteiger partial charge < -0.3 is 15.3 Å². The smallest absolute Gasteiger partial charge is 0.0597 e. The van der Waals surface area contributed by atoms with Crippen LogP contribution in [0.3, 0.4) is 0 Å². The summed E-state index contributed by atoms with van der Waals surface area (Å²) in [6, 6.07) is 0.295. The summed E-state index contributed by atoms with van der Waals surface area (Å²) in [7, 11) is 2.07. The Kier molecular flexibility index (Phi) is 9.08. The highest BCUT2D eigenvalue weighted by Crippen LogP contribution is 1.93. The van der Waals surface area contributed by atoms with Crippen molar-refractivity contribution in [1.29, 1.82) is 0 Å². The summed E-state index contributed by atoms with van der Waals surface area (Å²) in [4.78, 5) is 2.22. The lowest BCUT2D eigenvalue weighted by Crippen LogP contribution is -2.50. The van der Waals surface area contributed by atoms with Gasteiger partial charge in [-0.25, -0.2) is 0 Å². The first-order chi connectivity index (χ1) is 4.33. The Hall–Kier alpha value is 0.460. The number of piperazine rings is 1. The normalized spacial score (nSPS) is 25.1. The third-order valence-electron chi connectivity index (χ3n) is 1.68. The molecule has 0 aliphatic carbocycles. The molecule has 1 rings (SSSR count). The van der Waals surface area contributed by atoms with Crippen LogP contribution in [-0.2, 0) is 0 Å².